The normalized spacial score (nSPS) is 14.8. The molecule has 2 aromatic rings. The van der Waals surface area contributed by atoms with Crippen LogP contribution in [0.1, 0.15) is 24.1 Å². The van der Waals surface area contributed by atoms with E-state index in [1.807, 2.05) is 13.0 Å². The van der Waals surface area contributed by atoms with Gasteiger partial charge in [-0.1, -0.05) is 6.08 Å². The van der Waals surface area contributed by atoms with Crippen LogP contribution in [0, 0.1) is 6.92 Å². The van der Waals surface area contributed by atoms with E-state index in [-0.39, 0.29) is 5.75 Å². The molecule has 28 heavy (non-hydrogen) atoms. The van der Waals surface area contributed by atoms with Gasteiger partial charge in [0.05, 0.1) is 0 Å². The summed E-state index contributed by atoms with van der Waals surface area (Å²) in [5, 5.41) is 9.22. The van der Waals surface area contributed by atoms with Crippen molar-refractivity contribution < 1.29 is 17.9 Å². The summed E-state index contributed by atoms with van der Waals surface area (Å²) in [6.45, 7) is 3.25. The summed E-state index contributed by atoms with van der Waals surface area (Å²) in [6.07, 6.45) is -1.36. The Balaban J connectivity index is 1.96. The molecule has 1 aromatic carbocycles. The summed E-state index contributed by atoms with van der Waals surface area (Å²) >= 11 is 0. The Hall–Kier alpha value is -2.81. The van der Waals surface area contributed by atoms with Gasteiger partial charge in [-0.3, -0.25) is 0 Å². The van der Waals surface area contributed by atoms with Crippen molar-refractivity contribution in [3.8, 4) is 5.75 Å². The first-order chi connectivity index (χ1) is 13.3. The zero-order valence-electron chi connectivity index (χ0n) is 15.7. The van der Waals surface area contributed by atoms with E-state index in [0.29, 0.717) is 36.0 Å². The van der Waals surface area contributed by atoms with E-state index in [4.69, 9.17) is 0 Å². The lowest BCUT2D eigenvalue weighted by Crippen LogP contribution is -2.18. The minimum Gasteiger partial charge on any atom is -0.405 e. The number of hydrogen-bond acceptors (Lipinski definition) is 6. The second-order valence-electron chi connectivity index (χ2n) is 6.39. The smallest absolute Gasteiger partial charge is 0.405 e. The lowest BCUT2D eigenvalue weighted by Gasteiger charge is -2.17. The third-order valence-electron chi connectivity index (χ3n) is 4.21. The number of nitrogens with one attached hydrogen (secondary N) is 3. The average molecular weight is 393 g/mol. The van der Waals surface area contributed by atoms with E-state index in [1.165, 1.54) is 12.1 Å². The molecule has 0 amide bonds. The fourth-order valence-corrected chi connectivity index (χ4v) is 3.00. The number of allylic oxidation sites excluding steroid dienone is 1. The fourth-order valence-electron chi connectivity index (χ4n) is 3.00. The molecule has 1 aromatic heterocycles. The van der Waals surface area contributed by atoms with Crippen LogP contribution in [0.4, 0.5) is 30.6 Å². The fraction of sp³-hybridized carbons (Fsp3) is 0.368. The third-order valence-corrected chi connectivity index (χ3v) is 4.21. The van der Waals surface area contributed by atoms with E-state index >= 15 is 0 Å². The average Bonchev–Trinajstić information content (AvgIpc) is 2.90. The SMILES string of the molecule is CNc1cc(C)nc(Nc2ccc(OC(F)(F)F)c(C3=CCNCCC3)c2)n1. The number of halogens is 3. The Bertz CT molecular complexity index is 867. The minimum absolute atomic E-state index is 0.215. The van der Waals surface area contributed by atoms with Gasteiger partial charge < -0.3 is 20.7 Å². The topological polar surface area (TPSA) is 71.1 Å². The Morgan fingerprint density at radius 3 is 2.75 bits per heavy atom. The molecule has 6 nitrogen and oxygen atoms in total. The van der Waals surface area contributed by atoms with Gasteiger partial charge in [-0.25, -0.2) is 4.98 Å². The van der Waals surface area contributed by atoms with Crippen LogP contribution >= 0.6 is 0 Å². The molecule has 3 rings (SSSR count). The molecular formula is C19H22F3N5O. The summed E-state index contributed by atoms with van der Waals surface area (Å²) < 4.78 is 42.8. The Kier molecular flexibility index (Phi) is 6.03. The summed E-state index contributed by atoms with van der Waals surface area (Å²) in [5.74, 6) is 0.786. The molecule has 0 fully saturated rings. The molecular weight excluding hydrogens is 371 g/mol. The van der Waals surface area contributed by atoms with E-state index in [9.17, 15) is 13.2 Å². The molecule has 2 heterocycles. The molecule has 3 N–H and O–H groups in total. The second kappa shape index (κ2) is 8.47. The van der Waals surface area contributed by atoms with Gasteiger partial charge in [0.15, 0.2) is 0 Å². The maximum atomic E-state index is 12.8. The summed E-state index contributed by atoms with van der Waals surface area (Å²) in [4.78, 5) is 8.64. The molecule has 0 saturated heterocycles. The van der Waals surface area contributed by atoms with E-state index < -0.39 is 6.36 Å². The molecule has 1 aliphatic rings. The summed E-state index contributed by atoms with van der Waals surface area (Å²) in [7, 11) is 1.75. The number of aryl methyl sites for hydroxylation is 1. The highest BCUT2D eigenvalue weighted by atomic mass is 19.4. The molecule has 0 saturated carbocycles. The van der Waals surface area contributed by atoms with Crippen molar-refractivity contribution in [2.24, 2.45) is 0 Å². The van der Waals surface area contributed by atoms with Crippen molar-refractivity contribution in [3.05, 3.63) is 41.6 Å². The van der Waals surface area contributed by atoms with Crippen LogP contribution in [0.25, 0.3) is 5.57 Å². The van der Waals surface area contributed by atoms with E-state index in [1.54, 1.807) is 19.2 Å². The number of aromatic nitrogens is 2. The molecule has 150 valence electrons. The minimum atomic E-state index is -4.76. The molecule has 0 radical (unpaired) electrons. The lowest BCUT2D eigenvalue weighted by atomic mass is 9.99. The number of benzene rings is 1. The third kappa shape index (κ3) is 5.35. The second-order valence-corrected chi connectivity index (χ2v) is 6.39. The number of hydrogen-bond donors (Lipinski definition) is 3. The highest BCUT2D eigenvalue weighted by Gasteiger charge is 2.32. The Labute approximate surface area is 161 Å². The molecule has 0 aliphatic carbocycles. The maximum absolute atomic E-state index is 12.8. The lowest BCUT2D eigenvalue weighted by molar-refractivity contribution is -0.274. The van der Waals surface area contributed by atoms with Crippen LogP contribution in [0.15, 0.2) is 30.3 Å². The predicted octanol–water partition coefficient (Wildman–Crippen LogP) is 4.24. The van der Waals surface area contributed by atoms with Gasteiger partial charge in [0.25, 0.3) is 0 Å². The first-order valence-corrected chi connectivity index (χ1v) is 8.94. The van der Waals surface area contributed by atoms with Crippen molar-refractivity contribution in [1.82, 2.24) is 15.3 Å². The first kappa shape index (κ1) is 19.9. The van der Waals surface area contributed by atoms with Gasteiger partial charge >= 0.3 is 6.36 Å². The van der Waals surface area contributed by atoms with E-state index in [0.717, 1.165) is 24.2 Å². The van der Waals surface area contributed by atoms with Gasteiger partial charge in [-0.2, -0.15) is 4.98 Å². The molecule has 0 bridgehead atoms. The van der Waals surface area contributed by atoms with Crippen LogP contribution in [0.3, 0.4) is 0 Å². The number of nitrogens with zero attached hydrogens (tertiary/aromatic N) is 2. The monoisotopic (exact) mass is 393 g/mol. The number of alkyl halides is 3. The van der Waals surface area contributed by atoms with Crippen molar-refractivity contribution in [3.63, 3.8) is 0 Å². The van der Waals surface area contributed by atoms with Crippen LogP contribution in [-0.2, 0) is 0 Å². The number of ether oxygens (including phenoxy) is 1. The highest BCUT2D eigenvalue weighted by Crippen LogP contribution is 2.36. The van der Waals surface area contributed by atoms with Crippen LogP contribution < -0.4 is 20.7 Å². The van der Waals surface area contributed by atoms with Gasteiger partial charge in [-0.15, -0.1) is 13.2 Å². The number of rotatable bonds is 5. The molecule has 1 aliphatic heterocycles. The molecule has 0 unspecified atom stereocenters. The Morgan fingerprint density at radius 1 is 1.18 bits per heavy atom. The first-order valence-electron chi connectivity index (χ1n) is 8.94. The van der Waals surface area contributed by atoms with Crippen molar-refractivity contribution in [1.29, 1.82) is 0 Å². The quantitative estimate of drug-likeness (QED) is 0.706. The Morgan fingerprint density at radius 2 is 2.00 bits per heavy atom. The van der Waals surface area contributed by atoms with Gasteiger partial charge in [0, 0.05) is 36.6 Å². The van der Waals surface area contributed by atoms with E-state index in [2.05, 4.69) is 30.7 Å². The van der Waals surface area contributed by atoms with Gasteiger partial charge in [0.2, 0.25) is 5.95 Å². The standard InChI is InChI=1S/C19H22F3N5O/c1-12-10-17(23-2)27-18(25-12)26-14-5-6-16(28-19(20,21)22)15(11-14)13-4-3-8-24-9-7-13/h5-7,10-11,24H,3-4,8-9H2,1-2H3,(H2,23,25,26,27). The maximum Gasteiger partial charge on any atom is 0.573 e. The predicted molar refractivity (Wildman–Crippen MR) is 103 cm³/mol. The summed E-state index contributed by atoms with van der Waals surface area (Å²) in [5.41, 5.74) is 2.56. The van der Waals surface area contributed by atoms with Crippen LogP contribution in [-0.4, -0.2) is 36.5 Å². The van der Waals surface area contributed by atoms with Crippen LogP contribution in [0.5, 0.6) is 5.75 Å². The zero-order chi connectivity index (χ0) is 20.1. The van der Waals surface area contributed by atoms with Crippen molar-refractivity contribution in [2.45, 2.75) is 26.1 Å². The highest BCUT2D eigenvalue weighted by molar-refractivity contribution is 5.75. The van der Waals surface area contributed by atoms with Crippen LogP contribution in [0.2, 0.25) is 0 Å². The summed E-state index contributed by atoms with van der Waals surface area (Å²) in [6, 6.07) is 6.27. The van der Waals surface area contributed by atoms with Gasteiger partial charge in [-0.05, 0) is 50.1 Å². The molecule has 0 atom stereocenters. The van der Waals surface area contributed by atoms with Crippen molar-refractivity contribution >= 4 is 23.0 Å². The van der Waals surface area contributed by atoms with Crippen molar-refractivity contribution in [2.75, 3.05) is 30.8 Å². The zero-order valence-corrected chi connectivity index (χ0v) is 15.7. The molecule has 0 spiro atoms. The number of anilines is 3. The van der Waals surface area contributed by atoms with Gasteiger partial charge in [0.1, 0.15) is 11.6 Å². The largest absolute Gasteiger partial charge is 0.573 e. The molecule has 9 heteroatoms.